The number of nitrogens with one attached hydrogen (secondary N) is 1. The molecule has 108 valence electrons. The zero-order valence-electron chi connectivity index (χ0n) is 10.7. The van der Waals surface area contributed by atoms with Gasteiger partial charge in [0.05, 0.1) is 11.5 Å². The largest absolute Gasteiger partial charge is 0.352 e. The lowest BCUT2D eigenvalue weighted by molar-refractivity contribution is -0.126. The van der Waals surface area contributed by atoms with E-state index in [1.807, 2.05) is 0 Å². The van der Waals surface area contributed by atoms with Gasteiger partial charge < -0.3 is 16.0 Å². The van der Waals surface area contributed by atoms with E-state index in [0.29, 0.717) is 32.4 Å². The number of carbonyl (C=O) groups is 2. The van der Waals surface area contributed by atoms with E-state index in [0.717, 1.165) is 0 Å². The summed E-state index contributed by atoms with van der Waals surface area (Å²) in [5, 5.41) is 2.80. The Morgan fingerprint density at radius 1 is 1.16 bits per heavy atom. The predicted molar refractivity (Wildman–Crippen MR) is 69.1 cm³/mol. The molecule has 1 atom stereocenters. The maximum atomic E-state index is 12.0. The second kappa shape index (κ2) is 5.36. The predicted octanol–water partition coefficient (Wildman–Crippen LogP) is -0.920. The van der Waals surface area contributed by atoms with Gasteiger partial charge in [-0.15, -0.1) is 0 Å². The summed E-state index contributed by atoms with van der Waals surface area (Å²) in [6.07, 6.45) is 1.65. The number of hydrogen-bond donors (Lipinski definition) is 2. The first-order valence-corrected chi connectivity index (χ1v) is 8.25. The van der Waals surface area contributed by atoms with Gasteiger partial charge in [-0.1, -0.05) is 0 Å². The lowest BCUT2D eigenvalue weighted by Crippen LogP contribution is -2.47. The number of nitrogens with zero attached hydrogens (tertiary/aromatic N) is 1. The van der Waals surface area contributed by atoms with Crippen molar-refractivity contribution in [1.82, 2.24) is 10.2 Å². The van der Waals surface area contributed by atoms with E-state index in [9.17, 15) is 18.0 Å². The first kappa shape index (κ1) is 14.1. The number of nitrogens with two attached hydrogens (primary N) is 1. The second-order valence-corrected chi connectivity index (χ2v) is 7.44. The topological polar surface area (TPSA) is 110 Å². The zero-order chi connectivity index (χ0) is 14.0. The van der Waals surface area contributed by atoms with Gasteiger partial charge in [0, 0.05) is 25.0 Å². The molecule has 0 aromatic heterocycles. The number of urea groups is 1. The van der Waals surface area contributed by atoms with Crippen LogP contribution in [0.25, 0.3) is 0 Å². The molecule has 7 nitrogen and oxygen atoms in total. The summed E-state index contributed by atoms with van der Waals surface area (Å²) in [6.45, 7) is 0.965. The summed E-state index contributed by atoms with van der Waals surface area (Å²) in [5.41, 5.74) is 5.17. The Balaban J connectivity index is 1.81. The molecule has 2 rings (SSSR count). The fourth-order valence-electron chi connectivity index (χ4n) is 2.59. The Morgan fingerprint density at radius 3 is 2.26 bits per heavy atom. The van der Waals surface area contributed by atoms with Gasteiger partial charge in [0.25, 0.3) is 0 Å². The molecule has 2 saturated heterocycles. The number of primary amides is 1. The fraction of sp³-hybridized carbons (Fsp3) is 0.818. The summed E-state index contributed by atoms with van der Waals surface area (Å²) in [5.74, 6) is -0.0677. The van der Waals surface area contributed by atoms with Crippen LogP contribution in [-0.4, -0.2) is 55.9 Å². The van der Waals surface area contributed by atoms with Crippen molar-refractivity contribution in [3.8, 4) is 0 Å². The monoisotopic (exact) mass is 289 g/mol. The van der Waals surface area contributed by atoms with Crippen molar-refractivity contribution >= 4 is 21.8 Å². The molecule has 3 N–H and O–H groups in total. The number of piperidine rings is 1. The summed E-state index contributed by atoms with van der Waals surface area (Å²) in [6, 6.07) is -0.715. The van der Waals surface area contributed by atoms with E-state index < -0.39 is 15.9 Å². The standard InChI is InChI=1S/C11H19N3O4S/c12-11(16)14-4-1-8(2-5-14)10(15)13-9-3-6-19(17,18)7-9/h8-9H,1-7H2,(H2,12,16)(H,13,15)/t9-/m0/s1. The molecular formula is C11H19N3O4S. The maximum Gasteiger partial charge on any atom is 0.314 e. The minimum absolute atomic E-state index is 0.0405. The van der Waals surface area contributed by atoms with Crippen LogP contribution in [0.2, 0.25) is 0 Å². The molecule has 19 heavy (non-hydrogen) atoms. The Hall–Kier alpha value is -1.31. The normalized spacial score (nSPS) is 27.2. The molecule has 2 aliphatic heterocycles. The molecular weight excluding hydrogens is 270 g/mol. The van der Waals surface area contributed by atoms with Gasteiger partial charge in [-0.2, -0.15) is 0 Å². The van der Waals surface area contributed by atoms with E-state index in [2.05, 4.69) is 5.32 Å². The molecule has 0 unspecified atom stereocenters. The molecule has 0 saturated carbocycles. The van der Waals surface area contributed by atoms with Crippen molar-refractivity contribution in [2.75, 3.05) is 24.6 Å². The summed E-state index contributed by atoms with van der Waals surface area (Å²) >= 11 is 0. The van der Waals surface area contributed by atoms with Crippen LogP contribution in [0.4, 0.5) is 4.79 Å². The van der Waals surface area contributed by atoms with Gasteiger partial charge in [0.2, 0.25) is 5.91 Å². The van der Waals surface area contributed by atoms with Gasteiger partial charge in [-0.3, -0.25) is 4.79 Å². The first-order chi connectivity index (χ1) is 8.87. The molecule has 0 radical (unpaired) electrons. The van der Waals surface area contributed by atoms with Crippen molar-refractivity contribution in [1.29, 1.82) is 0 Å². The Kier molecular flexibility index (Phi) is 3.98. The summed E-state index contributed by atoms with van der Waals surface area (Å²) in [7, 11) is -2.98. The number of carbonyl (C=O) groups excluding carboxylic acids is 2. The average molecular weight is 289 g/mol. The third-order valence-corrected chi connectivity index (χ3v) is 5.52. The van der Waals surface area contributed by atoms with Crippen LogP contribution in [0.15, 0.2) is 0 Å². The molecule has 8 heteroatoms. The number of likely N-dealkylation sites (tertiary alicyclic amines) is 1. The maximum absolute atomic E-state index is 12.0. The average Bonchev–Trinajstić information content (AvgIpc) is 2.68. The SMILES string of the molecule is NC(=O)N1CCC(C(=O)N[C@H]2CCS(=O)(=O)C2)CC1. The molecule has 2 fully saturated rings. The molecule has 0 spiro atoms. The van der Waals surface area contributed by atoms with E-state index >= 15 is 0 Å². The minimum Gasteiger partial charge on any atom is -0.352 e. The highest BCUT2D eigenvalue weighted by Crippen LogP contribution is 2.18. The summed E-state index contributed by atoms with van der Waals surface area (Å²) in [4.78, 5) is 24.5. The van der Waals surface area contributed by atoms with Crippen LogP contribution in [0.1, 0.15) is 19.3 Å². The van der Waals surface area contributed by atoms with Gasteiger partial charge in [-0.25, -0.2) is 13.2 Å². The molecule has 0 aromatic rings. The van der Waals surface area contributed by atoms with Gasteiger partial charge in [0.1, 0.15) is 0 Å². The molecule has 0 aromatic carbocycles. The number of rotatable bonds is 2. The molecule has 2 heterocycles. The Morgan fingerprint density at radius 2 is 1.79 bits per heavy atom. The van der Waals surface area contributed by atoms with Crippen molar-refractivity contribution in [2.45, 2.75) is 25.3 Å². The van der Waals surface area contributed by atoms with Crippen molar-refractivity contribution < 1.29 is 18.0 Å². The van der Waals surface area contributed by atoms with Crippen LogP contribution in [0.3, 0.4) is 0 Å². The lowest BCUT2D eigenvalue weighted by Gasteiger charge is -2.30. The lowest BCUT2D eigenvalue weighted by atomic mass is 9.96. The number of hydrogen-bond acceptors (Lipinski definition) is 4. The van der Waals surface area contributed by atoms with Crippen LogP contribution in [0.5, 0.6) is 0 Å². The highest BCUT2D eigenvalue weighted by atomic mass is 32.2. The van der Waals surface area contributed by atoms with Gasteiger partial charge >= 0.3 is 6.03 Å². The molecule has 2 aliphatic rings. The van der Waals surface area contributed by atoms with Gasteiger partial charge in [0.15, 0.2) is 9.84 Å². The Bertz CT molecular complexity index is 468. The summed E-state index contributed by atoms with van der Waals surface area (Å²) < 4.78 is 22.6. The molecule has 0 aliphatic carbocycles. The van der Waals surface area contributed by atoms with E-state index in [-0.39, 0.29) is 29.4 Å². The van der Waals surface area contributed by atoms with Crippen molar-refractivity contribution in [3.05, 3.63) is 0 Å². The first-order valence-electron chi connectivity index (χ1n) is 6.42. The highest BCUT2D eigenvalue weighted by Gasteiger charge is 2.32. The van der Waals surface area contributed by atoms with E-state index in [1.54, 1.807) is 0 Å². The zero-order valence-corrected chi connectivity index (χ0v) is 11.5. The van der Waals surface area contributed by atoms with Crippen LogP contribution in [0, 0.1) is 5.92 Å². The van der Waals surface area contributed by atoms with Crippen LogP contribution in [-0.2, 0) is 14.6 Å². The smallest absolute Gasteiger partial charge is 0.314 e. The molecule has 0 bridgehead atoms. The van der Waals surface area contributed by atoms with Crippen LogP contribution >= 0.6 is 0 Å². The number of sulfone groups is 1. The quantitative estimate of drug-likeness (QED) is 0.685. The third kappa shape index (κ3) is 3.59. The third-order valence-electron chi connectivity index (χ3n) is 3.76. The van der Waals surface area contributed by atoms with E-state index in [4.69, 9.17) is 5.73 Å². The van der Waals surface area contributed by atoms with Gasteiger partial charge in [-0.05, 0) is 19.3 Å². The minimum atomic E-state index is -2.98. The van der Waals surface area contributed by atoms with Crippen molar-refractivity contribution in [3.63, 3.8) is 0 Å². The second-order valence-electron chi connectivity index (χ2n) is 5.21. The highest BCUT2D eigenvalue weighted by molar-refractivity contribution is 7.91. The fourth-order valence-corrected chi connectivity index (χ4v) is 4.26. The van der Waals surface area contributed by atoms with E-state index in [1.165, 1.54) is 4.90 Å². The van der Waals surface area contributed by atoms with Crippen LogP contribution < -0.4 is 11.1 Å². The van der Waals surface area contributed by atoms with Crippen molar-refractivity contribution in [2.24, 2.45) is 11.7 Å². The Labute approximate surface area is 112 Å². The molecule has 3 amide bonds. The number of amides is 3.